The number of aromatic nitrogens is 2. The van der Waals surface area contributed by atoms with E-state index in [1.165, 1.54) is 17.4 Å². The van der Waals surface area contributed by atoms with Crippen LogP contribution in [0.3, 0.4) is 0 Å². The molecule has 0 amide bonds. The molecule has 3 N–H and O–H groups in total. The lowest BCUT2D eigenvalue weighted by Gasteiger charge is -2.06. The maximum absolute atomic E-state index is 13.3. The fraction of sp³-hybridized carbons (Fsp3) is 0. The molecule has 5 aromatic rings. The molecule has 0 aliphatic rings. The number of fused-ring (bicyclic) bond motifs is 1. The number of H-pyrrole nitrogens is 1. The first-order valence-corrected chi connectivity index (χ1v) is 10.6. The number of hydrogen-bond donors (Lipinski definition) is 3. The molecule has 0 aliphatic heterocycles. The summed E-state index contributed by atoms with van der Waals surface area (Å²) in [5, 5.41) is 26.5. The van der Waals surface area contributed by atoms with Crippen LogP contribution in [0.25, 0.3) is 32.5 Å². The van der Waals surface area contributed by atoms with E-state index in [-0.39, 0.29) is 17.2 Å². The van der Waals surface area contributed by atoms with Gasteiger partial charge in [0.15, 0.2) is 0 Å². The van der Waals surface area contributed by atoms with Crippen LogP contribution in [0, 0.1) is 0 Å². The lowest BCUT2D eigenvalue weighted by molar-refractivity contribution is 0.0690. The van der Waals surface area contributed by atoms with E-state index in [0.717, 1.165) is 26.8 Å². The van der Waals surface area contributed by atoms with Crippen molar-refractivity contribution in [3.63, 3.8) is 0 Å². The molecule has 0 radical (unpaired) electrons. The molecule has 0 bridgehead atoms. The van der Waals surface area contributed by atoms with Gasteiger partial charge in [-0.1, -0.05) is 54.6 Å². The Morgan fingerprint density at radius 2 is 1.59 bits per heavy atom. The molecule has 0 saturated heterocycles. The van der Waals surface area contributed by atoms with Gasteiger partial charge in [0.1, 0.15) is 11.4 Å². The van der Waals surface area contributed by atoms with Gasteiger partial charge in [0.25, 0.3) is 0 Å². The van der Waals surface area contributed by atoms with Crippen molar-refractivity contribution in [2.24, 2.45) is 0 Å². The second-order valence-corrected chi connectivity index (χ2v) is 8.28. The molecule has 0 unspecified atom stereocenters. The number of hydrogen-bond acceptors (Lipinski definition) is 5. The van der Waals surface area contributed by atoms with Gasteiger partial charge in [-0.2, -0.15) is 5.10 Å². The molecule has 0 aliphatic carbocycles. The molecular weight excluding hydrogens is 424 g/mol. The number of ketones is 1. The molecule has 5 rings (SSSR count). The van der Waals surface area contributed by atoms with Crippen LogP contribution in [-0.4, -0.2) is 32.2 Å². The van der Waals surface area contributed by atoms with Crippen LogP contribution >= 0.6 is 11.3 Å². The summed E-state index contributed by atoms with van der Waals surface area (Å²) in [6.45, 7) is 0. The molecule has 32 heavy (non-hydrogen) atoms. The number of phenolic OH excluding ortho intramolecular Hbond substituents is 1. The number of aromatic hydroxyl groups is 1. The quantitative estimate of drug-likeness (QED) is 0.309. The number of thiophene rings is 1. The van der Waals surface area contributed by atoms with Crippen molar-refractivity contribution < 1.29 is 19.8 Å². The molecule has 3 aromatic carbocycles. The number of carboxylic acids is 1. The number of rotatable bonds is 5. The highest BCUT2D eigenvalue weighted by Crippen LogP contribution is 2.41. The van der Waals surface area contributed by atoms with Crippen LogP contribution in [0.2, 0.25) is 0 Å². The number of aromatic amines is 1. The maximum atomic E-state index is 13.3. The van der Waals surface area contributed by atoms with Gasteiger partial charge in [0, 0.05) is 26.8 Å². The zero-order chi connectivity index (χ0) is 22.2. The smallest absolute Gasteiger partial charge is 0.353 e. The molecule has 0 atom stereocenters. The highest BCUT2D eigenvalue weighted by molar-refractivity contribution is 7.21. The molecule has 0 fully saturated rings. The highest BCUT2D eigenvalue weighted by Gasteiger charge is 2.21. The number of carboxylic acid groups (broad SMARTS) is 1. The zero-order valence-corrected chi connectivity index (χ0v) is 17.4. The first-order chi connectivity index (χ1) is 15.5. The summed E-state index contributed by atoms with van der Waals surface area (Å²) in [4.78, 5) is 25.0. The SMILES string of the molecule is O=C(O)c1cc(-c2ccc(-c3c(C(=O)c4ccccc4)sc4cc(O)ccc34)cc2)n[nH]1. The Morgan fingerprint density at radius 1 is 0.875 bits per heavy atom. The van der Waals surface area contributed by atoms with Crippen molar-refractivity contribution in [3.8, 4) is 28.1 Å². The Kier molecular flexibility index (Phi) is 4.80. The van der Waals surface area contributed by atoms with Gasteiger partial charge in [-0.15, -0.1) is 11.3 Å². The van der Waals surface area contributed by atoms with Gasteiger partial charge < -0.3 is 10.2 Å². The largest absolute Gasteiger partial charge is 0.508 e. The summed E-state index contributed by atoms with van der Waals surface area (Å²) in [6, 6.07) is 23.1. The summed E-state index contributed by atoms with van der Waals surface area (Å²) >= 11 is 1.35. The van der Waals surface area contributed by atoms with E-state index in [0.29, 0.717) is 16.1 Å². The van der Waals surface area contributed by atoms with Gasteiger partial charge in [0.05, 0.1) is 10.6 Å². The van der Waals surface area contributed by atoms with Crippen molar-refractivity contribution in [2.45, 2.75) is 0 Å². The average molecular weight is 440 g/mol. The predicted octanol–water partition coefficient (Wildman–Crippen LogP) is 5.59. The summed E-state index contributed by atoms with van der Waals surface area (Å²) < 4.78 is 0.821. The second kappa shape index (κ2) is 7.79. The fourth-order valence-electron chi connectivity index (χ4n) is 3.64. The van der Waals surface area contributed by atoms with Crippen molar-refractivity contribution >= 4 is 33.2 Å². The van der Waals surface area contributed by atoms with E-state index >= 15 is 0 Å². The van der Waals surface area contributed by atoms with E-state index < -0.39 is 5.97 Å². The molecule has 6 nitrogen and oxygen atoms in total. The monoisotopic (exact) mass is 440 g/mol. The van der Waals surface area contributed by atoms with Crippen LogP contribution in [0.15, 0.2) is 78.9 Å². The number of nitrogens with zero attached hydrogens (tertiary/aromatic N) is 1. The first-order valence-electron chi connectivity index (χ1n) is 9.76. The molecule has 156 valence electrons. The Bertz CT molecular complexity index is 1470. The van der Waals surface area contributed by atoms with E-state index in [2.05, 4.69) is 10.2 Å². The third kappa shape index (κ3) is 3.44. The lowest BCUT2D eigenvalue weighted by atomic mass is 9.97. The van der Waals surface area contributed by atoms with Crippen LogP contribution in [0.5, 0.6) is 5.75 Å². The van der Waals surface area contributed by atoms with Crippen LogP contribution in [-0.2, 0) is 0 Å². The number of nitrogens with one attached hydrogen (secondary N) is 1. The lowest BCUT2D eigenvalue weighted by Crippen LogP contribution is -2.00. The predicted molar refractivity (Wildman–Crippen MR) is 123 cm³/mol. The summed E-state index contributed by atoms with van der Waals surface area (Å²) in [7, 11) is 0. The van der Waals surface area contributed by atoms with Crippen LogP contribution < -0.4 is 0 Å². The summed E-state index contributed by atoms with van der Waals surface area (Å²) in [6.07, 6.45) is 0. The average Bonchev–Trinajstić information content (AvgIpc) is 3.44. The summed E-state index contributed by atoms with van der Waals surface area (Å²) in [5.74, 6) is -1.01. The Balaban J connectivity index is 1.62. The van der Waals surface area contributed by atoms with E-state index in [4.69, 9.17) is 5.11 Å². The Hall–Kier alpha value is -4.23. The number of carbonyl (C=O) groups is 2. The number of aromatic carboxylic acids is 1. The van der Waals surface area contributed by atoms with E-state index in [1.807, 2.05) is 48.5 Å². The summed E-state index contributed by atoms with van der Waals surface area (Å²) in [5.41, 5.74) is 3.54. The molecule has 2 aromatic heterocycles. The number of phenols is 1. The standard InChI is InChI=1S/C25H16N2O4S/c28-17-10-11-18-21(12-17)32-24(23(29)16-4-2-1-3-5-16)22(18)15-8-6-14(7-9-15)19-13-20(25(30)31)27-26-19/h1-13,28H,(H,26,27)(H,30,31). The van der Waals surface area contributed by atoms with Gasteiger partial charge in [-0.3, -0.25) is 9.89 Å². The minimum absolute atomic E-state index is 0.0171. The highest BCUT2D eigenvalue weighted by atomic mass is 32.1. The van der Waals surface area contributed by atoms with Gasteiger partial charge >= 0.3 is 5.97 Å². The van der Waals surface area contributed by atoms with Crippen molar-refractivity contribution in [1.29, 1.82) is 0 Å². The van der Waals surface area contributed by atoms with Crippen molar-refractivity contribution in [3.05, 3.63) is 95.0 Å². The second-order valence-electron chi connectivity index (χ2n) is 7.23. The Labute approximate surface area is 186 Å². The fourth-order valence-corrected chi connectivity index (χ4v) is 4.86. The number of benzene rings is 3. The van der Waals surface area contributed by atoms with Crippen LogP contribution in [0.1, 0.15) is 25.7 Å². The minimum Gasteiger partial charge on any atom is -0.508 e. The molecular formula is C25H16N2O4S. The molecule has 0 saturated carbocycles. The van der Waals surface area contributed by atoms with Gasteiger partial charge in [-0.25, -0.2) is 4.79 Å². The van der Waals surface area contributed by atoms with Crippen molar-refractivity contribution in [1.82, 2.24) is 10.2 Å². The Morgan fingerprint density at radius 3 is 2.28 bits per heavy atom. The third-order valence-corrected chi connectivity index (χ3v) is 6.34. The third-order valence-electron chi connectivity index (χ3n) is 5.19. The molecule has 2 heterocycles. The molecule has 0 spiro atoms. The molecule has 7 heteroatoms. The zero-order valence-electron chi connectivity index (χ0n) is 16.6. The van der Waals surface area contributed by atoms with Gasteiger partial charge in [0.2, 0.25) is 5.78 Å². The van der Waals surface area contributed by atoms with E-state index in [9.17, 15) is 14.7 Å². The topological polar surface area (TPSA) is 103 Å². The number of carbonyl (C=O) groups excluding carboxylic acids is 1. The maximum Gasteiger partial charge on any atom is 0.353 e. The van der Waals surface area contributed by atoms with Crippen LogP contribution in [0.4, 0.5) is 0 Å². The minimum atomic E-state index is -1.07. The normalized spacial score (nSPS) is 11.0. The first kappa shape index (κ1) is 19.7. The van der Waals surface area contributed by atoms with Crippen molar-refractivity contribution in [2.75, 3.05) is 0 Å². The van der Waals surface area contributed by atoms with E-state index in [1.54, 1.807) is 24.3 Å². The van der Waals surface area contributed by atoms with Gasteiger partial charge in [-0.05, 0) is 29.8 Å².